The van der Waals surface area contributed by atoms with Gasteiger partial charge in [0, 0.05) is 14.2 Å². The van der Waals surface area contributed by atoms with Crippen LogP contribution in [-0.2, 0) is 8.85 Å². The average Bonchev–Trinajstić information content (AvgIpc) is 2.80. The van der Waals surface area contributed by atoms with Gasteiger partial charge in [-0.15, -0.1) is 0 Å². The van der Waals surface area contributed by atoms with E-state index in [9.17, 15) is 0 Å². The predicted octanol–water partition coefficient (Wildman–Crippen LogP) is 3.28. The van der Waals surface area contributed by atoms with Crippen molar-refractivity contribution in [3.8, 4) is 0 Å². The van der Waals surface area contributed by atoms with Crippen LogP contribution in [0.1, 0.15) is 26.7 Å². The summed E-state index contributed by atoms with van der Waals surface area (Å²) in [6.07, 6.45) is 2.89. The maximum Gasteiger partial charge on any atom is 0.334 e. The highest BCUT2D eigenvalue weighted by molar-refractivity contribution is 6.66. The summed E-state index contributed by atoms with van der Waals surface area (Å²) < 4.78 is 11.3. The number of rotatable bonds is 4. The molecule has 0 heterocycles. The van der Waals surface area contributed by atoms with Gasteiger partial charge in [-0.2, -0.15) is 0 Å². The predicted molar refractivity (Wildman–Crippen MR) is 68.5 cm³/mol. The van der Waals surface area contributed by atoms with Crippen molar-refractivity contribution >= 4 is 8.56 Å². The maximum atomic E-state index is 5.64. The average molecular weight is 242 g/mol. The van der Waals surface area contributed by atoms with Crippen LogP contribution in [0.15, 0.2) is 0 Å². The van der Waals surface area contributed by atoms with Gasteiger partial charge in [0.25, 0.3) is 0 Å². The zero-order valence-electron chi connectivity index (χ0n) is 11.3. The molecule has 0 aromatic heterocycles. The molecule has 0 aliphatic heterocycles. The Morgan fingerprint density at radius 1 is 1.06 bits per heavy atom. The van der Waals surface area contributed by atoms with Gasteiger partial charge < -0.3 is 8.85 Å². The number of fused-ring (bicyclic) bond motifs is 2. The third-order valence-electron chi connectivity index (χ3n) is 5.53. The van der Waals surface area contributed by atoms with E-state index in [-0.39, 0.29) is 0 Å². The summed E-state index contributed by atoms with van der Waals surface area (Å²) in [7, 11) is 1.78. The Balaban J connectivity index is 1.99. The molecule has 0 N–H and O–H groups in total. The van der Waals surface area contributed by atoms with E-state index in [1.807, 2.05) is 14.2 Å². The van der Waals surface area contributed by atoms with Gasteiger partial charge in [-0.05, 0) is 55.0 Å². The molecule has 2 aliphatic rings. The van der Waals surface area contributed by atoms with E-state index in [4.69, 9.17) is 8.85 Å². The molecule has 2 aliphatic carbocycles. The Kier molecular flexibility index (Phi) is 3.48. The van der Waals surface area contributed by atoms with Gasteiger partial charge in [-0.3, -0.25) is 0 Å². The van der Waals surface area contributed by atoms with E-state index in [0.717, 1.165) is 29.6 Å². The molecule has 2 nitrogen and oxygen atoms in total. The van der Waals surface area contributed by atoms with E-state index in [2.05, 4.69) is 20.4 Å². The Bertz CT molecular complexity index is 250. The third kappa shape index (κ3) is 1.98. The summed E-state index contributed by atoms with van der Waals surface area (Å²) in [6, 6.07) is 1.19. The lowest BCUT2D eigenvalue weighted by atomic mass is 9.76. The highest BCUT2D eigenvalue weighted by Gasteiger charge is 2.50. The van der Waals surface area contributed by atoms with Crippen molar-refractivity contribution < 1.29 is 8.85 Å². The standard InChI is InChI=1S/C13H26O2Si/c1-9-10(2)13-7-11(9)6-12(13)8-16(5,14-3)15-4/h9-13H,6-8H2,1-5H3. The van der Waals surface area contributed by atoms with Crippen LogP contribution < -0.4 is 0 Å². The normalized spacial score (nSPS) is 42.9. The fraction of sp³-hybridized carbons (Fsp3) is 1.00. The van der Waals surface area contributed by atoms with Crippen molar-refractivity contribution in [3.05, 3.63) is 0 Å². The molecule has 0 radical (unpaired) electrons. The fourth-order valence-electron chi connectivity index (χ4n) is 4.06. The van der Waals surface area contributed by atoms with Crippen LogP contribution in [0.5, 0.6) is 0 Å². The van der Waals surface area contributed by atoms with Crippen LogP contribution in [0.2, 0.25) is 12.6 Å². The summed E-state index contributed by atoms with van der Waals surface area (Å²) in [5, 5.41) is 0. The quantitative estimate of drug-likeness (QED) is 0.704. The first-order chi connectivity index (χ1) is 7.50. The minimum Gasteiger partial charge on any atom is -0.398 e. The largest absolute Gasteiger partial charge is 0.398 e. The van der Waals surface area contributed by atoms with E-state index in [0.29, 0.717) is 0 Å². The van der Waals surface area contributed by atoms with Crippen LogP contribution in [0, 0.1) is 29.6 Å². The van der Waals surface area contributed by atoms with Gasteiger partial charge in [-0.25, -0.2) is 0 Å². The monoisotopic (exact) mass is 242 g/mol. The van der Waals surface area contributed by atoms with Gasteiger partial charge in [-0.1, -0.05) is 13.8 Å². The fourth-order valence-corrected chi connectivity index (χ4v) is 5.98. The molecule has 2 fully saturated rings. The van der Waals surface area contributed by atoms with Gasteiger partial charge >= 0.3 is 8.56 Å². The van der Waals surface area contributed by atoms with Gasteiger partial charge in [0.1, 0.15) is 0 Å². The Morgan fingerprint density at radius 3 is 2.12 bits per heavy atom. The topological polar surface area (TPSA) is 18.5 Å². The van der Waals surface area contributed by atoms with Gasteiger partial charge in [0.15, 0.2) is 0 Å². The first kappa shape index (κ1) is 12.6. The van der Waals surface area contributed by atoms with Crippen molar-refractivity contribution in [2.24, 2.45) is 29.6 Å². The molecule has 5 atom stereocenters. The molecule has 2 bridgehead atoms. The Morgan fingerprint density at radius 2 is 1.69 bits per heavy atom. The molecule has 2 rings (SSSR count). The second kappa shape index (κ2) is 4.43. The molecule has 0 spiro atoms. The van der Waals surface area contributed by atoms with Crippen LogP contribution in [0.25, 0.3) is 0 Å². The van der Waals surface area contributed by atoms with Crippen LogP contribution in [-0.4, -0.2) is 22.8 Å². The van der Waals surface area contributed by atoms with Crippen LogP contribution in [0.4, 0.5) is 0 Å². The molecule has 3 heteroatoms. The SMILES string of the molecule is CO[Si](C)(CC1CC2CC1C(C)C2C)OC. The molecule has 2 saturated carbocycles. The Labute approximate surface area is 101 Å². The molecule has 0 saturated heterocycles. The Hall–Kier alpha value is 0.137. The van der Waals surface area contributed by atoms with E-state index < -0.39 is 8.56 Å². The van der Waals surface area contributed by atoms with Crippen molar-refractivity contribution in [1.29, 1.82) is 0 Å². The summed E-state index contributed by atoms with van der Waals surface area (Å²) in [4.78, 5) is 0. The summed E-state index contributed by atoms with van der Waals surface area (Å²) in [5.41, 5.74) is 0. The number of hydrogen-bond donors (Lipinski definition) is 0. The molecule has 0 aromatic carbocycles. The zero-order valence-corrected chi connectivity index (χ0v) is 12.3. The second-order valence-corrected chi connectivity index (χ2v) is 9.61. The number of hydrogen-bond acceptors (Lipinski definition) is 2. The smallest absolute Gasteiger partial charge is 0.334 e. The van der Waals surface area contributed by atoms with E-state index in [1.165, 1.54) is 18.9 Å². The molecular formula is C13H26O2Si. The van der Waals surface area contributed by atoms with Crippen molar-refractivity contribution in [2.75, 3.05) is 14.2 Å². The minimum atomic E-state index is -1.85. The lowest BCUT2D eigenvalue weighted by Crippen LogP contribution is -2.40. The third-order valence-corrected chi connectivity index (χ3v) is 8.52. The zero-order chi connectivity index (χ0) is 11.9. The summed E-state index contributed by atoms with van der Waals surface area (Å²) >= 11 is 0. The molecular weight excluding hydrogens is 216 g/mol. The van der Waals surface area contributed by atoms with Crippen LogP contribution in [0.3, 0.4) is 0 Å². The minimum absolute atomic E-state index is 0.868. The van der Waals surface area contributed by atoms with E-state index >= 15 is 0 Å². The first-order valence-electron chi connectivity index (χ1n) is 6.61. The maximum absolute atomic E-state index is 5.64. The second-order valence-electron chi connectivity index (χ2n) is 6.12. The molecule has 5 unspecified atom stereocenters. The molecule has 0 aromatic rings. The van der Waals surface area contributed by atoms with Crippen molar-refractivity contribution in [3.63, 3.8) is 0 Å². The van der Waals surface area contributed by atoms with E-state index in [1.54, 1.807) is 0 Å². The molecule has 16 heavy (non-hydrogen) atoms. The molecule has 94 valence electrons. The lowest BCUT2D eigenvalue weighted by molar-refractivity contribution is 0.179. The van der Waals surface area contributed by atoms with Gasteiger partial charge in [0.05, 0.1) is 0 Å². The van der Waals surface area contributed by atoms with Crippen molar-refractivity contribution in [2.45, 2.75) is 39.3 Å². The highest BCUT2D eigenvalue weighted by atomic mass is 28.4. The van der Waals surface area contributed by atoms with Crippen LogP contribution >= 0.6 is 0 Å². The first-order valence-corrected chi connectivity index (χ1v) is 9.13. The van der Waals surface area contributed by atoms with Crippen molar-refractivity contribution in [1.82, 2.24) is 0 Å². The van der Waals surface area contributed by atoms with Gasteiger partial charge in [0.2, 0.25) is 0 Å². The lowest BCUT2D eigenvalue weighted by Gasteiger charge is -2.35. The summed E-state index contributed by atoms with van der Waals surface area (Å²) in [5.74, 6) is 4.65. The molecule has 0 amide bonds. The summed E-state index contributed by atoms with van der Waals surface area (Å²) in [6.45, 7) is 7.09. The highest BCUT2D eigenvalue weighted by Crippen LogP contribution is 2.56.